The molecule has 1 aromatic carbocycles. The van der Waals surface area contributed by atoms with Gasteiger partial charge in [-0.25, -0.2) is 9.31 Å². The third-order valence-corrected chi connectivity index (χ3v) is 4.15. The van der Waals surface area contributed by atoms with Crippen LogP contribution in [-0.4, -0.2) is 22.2 Å². The molecule has 112 valence electrons. The summed E-state index contributed by atoms with van der Waals surface area (Å²) in [6.45, 7) is 2.10. The van der Waals surface area contributed by atoms with E-state index in [1.807, 2.05) is 22.7 Å². The predicted molar refractivity (Wildman–Crippen MR) is 85.0 cm³/mol. The van der Waals surface area contributed by atoms with Crippen LogP contribution in [-0.2, 0) is 4.74 Å². The minimum atomic E-state index is -0.409. The lowest BCUT2D eigenvalue weighted by molar-refractivity contribution is 0.0530. The van der Waals surface area contributed by atoms with Crippen molar-refractivity contribution in [1.82, 2.24) is 9.61 Å². The lowest BCUT2D eigenvalue weighted by Gasteiger charge is -2.08. The molecule has 1 saturated carbocycles. The van der Waals surface area contributed by atoms with Crippen molar-refractivity contribution in [1.29, 1.82) is 0 Å². The molecule has 5 heteroatoms. The Balaban J connectivity index is 2.11. The predicted octanol–water partition coefficient (Wildman–Crippen LogP) is 3.12. The molecule has 0 saturated heterocycles. The van der Waals surface area contributed by atoms with Crippen LogP contribution in [0.25, 0.3) is 16.3 Å². The highest BCUT2D eigenvalue weighted by atomic mass is 16.5. The van der Waals surface area contributed by atoms with E-state index in [-0.39, 0.29) is 5.82 Å². The highest BCUT2D eigenvalue weighted by molar-refractivity contribution is 6.10. The van der Waals surface area contributed by atoms with E-state index < -0.39 is 5.97 Å². The highest BCUT2D eigenvalue weighted by Gasteiger charge is 2.30. The molecule has 1 fully saturated rings. The minimum absolute atomic E-state index is 0.233. The van der Waals surface area contributed by atoms with Crippen molar-refractivity contribution < 1.29 is 9.53 Å². The molecule has 5 nitrogen and oxygen atoms in total. The molecule has 0 unspecified atom stereocenters. The number of pyridine rings is 1. The maximum absolute atomic E-state index is 12.3. The Morgan fingerprint density at radius 2 is 2.18 bits per heavy atom. The minimum Gasteiger partial charge on any atom is -0.462 e. The van der Waals surface area contributed by atoms with Crippen molar-refractivity contribution in [3.63, 3.8) is 0 Å². The number of ether oxygens (including phenoxy) is 1. The number of benzene rings is 1. The van der Waals surface area contributed by atoms with Gasteiger partial charge in [-0.1, -0.05) is 24.3 Å². The van der Waals surface area contributed by atoms with Gasteiger partial charge < -0.3 is 10.5 Å². The molecule has 1 aliphatic carbocycles. The van der Waals surface area contributed by atoms with Crippen molar-refractivity contribution in [2.24, 2.45) is 0 Å². The Morgan fingerprint density at radius 1 is 1.41 bits per heavy atom. The van der Waals surface area contributed by atoms with E-state index >= 15 is 0 Å². The molecular formula is C17H17N3O2. The first-order valence-electron chi connectivity index (χ1n) is 7.57. The van der Waals surface area contributed by atoms with E-state index in [1.54, 1.807) is 6.92 Å². The number of rotatable bonds is 3. The van der Waals surface area contributed by atoms with Gasteiger partial charge in [0.2, 0.25) is 0 Å². The number of esters is 1. The fourth-order valence-corrected chi connectivity index (χ4v) is 3.00. The zero-order valence-corrected chi connectivity index (χ0v) is 12.4. The fraction of sp³-hybridized carbons (Fsp3) is 0.294. The number of hydrogen-bond donors (Lipinski definition) is 1. The van der Waals surface area contributed by atoms with Crippen molar-refractivity contribution >= 4 is 28.1 Å². The second-order valence-corrected chi connectivity index (χ2v) is 5.67. The third kappa shape index (κ3) is 1.85. The smallest absolute Gasteiger partial charge is 0.344 e. The summed E-state index contributed by atoms with van der Waals surface area (Å²) in [6, 6.07) is 10.2. The SMILES string of the molecule is CCOC(=O)c1c(N)nn2c(C3CC3)cc3ccccc3c12. The number of hydrogen-bond acceptors (Lipinski definition) is 4. The first kappa shape index (κ1) is 13.1. The molecule has 0 spiro atoms. The molecule has 1 aliphatic rings. The van der Waals surface area contributed by atoms with Crippen LogP contribution in [0.2, 0.25) is 0 Å². The number of aromatic nitrogens is 2. The molecule has 0 atom stereocenters. The van der Waals surface area contributed by atoms with Crippen molar-refractivity contribution in [2.75, 3.05) is 12.3 Å². The average Bonchev–Trinajstić information content (AvgIpc) is 3.28. The summed E-state index contributed by atoms with van der Waals surface area (Å²) in [6.07, 6.45) is 2.31. The fourth-order valence-electron chi connectivity index (χ4n) is 3.00. The molecule has 2 aromatic heterocycles. The number of carbonyl (C=O) groups is 1. The Kier molecular flexibility index (Phi) is 2.82. The Morgan fingerprint density at radius 3 is 2.91 bits per heavy atom. The molecule has 22 heavy (non-hydrogen) atoms. The number of anilines is 1. The standard InChI is InChI=1S/C17H17N3O2/c1-2-22-17(21)14-15-12-6-4-3-5-11(12)9-13(10-7-8-10)20(15)19-16(14)18/h3-6,9-10H,2,7-8H2,1H3,(H2,18,19). The Labute approximate surface area is 127 Å². The normalized spacial score (nSPS) is 14.6. The maximum atomic E-state index is 12.3. The zero-order valence-electron chi connectivity index (χ0n) is 12.4. The van der Waals surface area contributed by atoms with Gasteiger partial charge >= 0.3 is 5.97 Å². The van der Waals surface area contributed by atoms with Crippen LogP contribution in [0.3, 0.4) is 0 Å². The Hall–Kier alpha value is -2.56. The van der Waals surface area contributed by atoms with E-state index in [1.165, 1.54) is 0 Å². The lowest BCUT2D eigenvalue weighted by atomic mass is 10.1. The molecule has 4 rings (SSSR count). The van der Waals surface area contributed by atoms with Gasteiger partial charge in [-0.3, -0.25) is 0 Å². The maximum Gasteiger partial charge on any atom is 0.344 e. The average molecular weight is 295 g/mol. The lowest BCUT2D eigenvalue weighted by Crippen LogP contribution is -2.07. The molecule has 0 bridgehead atoms. The molecule has 2 N–H and O–H groups in total. The number of nitrogens with zero attached hydrogens (tertiary/aromatic N) is 2. The van der Waals surface area contributed by atoms with Gasteiger partial charge in [0.05, 0.1) is 12.1 Å². The molecule has 3 aromatic rings. The van der Waals surface area contributed by atoms with Gasteiger partial charge in [-0.05, 0) is 31.2 Å². The summed E-state index contributed by atoms with van der Waals surface area (Å²) in [5.74, 6) is 0.325. The van der Waals surface area contributed by atoms with Gasteiger partial charge in [0.15, 0.2) is 5.82 Å². The van der Waals surface area contributed by atoms with Crippen LogP contribution in [0, 0.1) is 0 Å². The molecule has 0 radical (unpaired) electrons. The number of carbonyl (C=O) groups excluding carboxylic acids is 1. The highest BCUT2D eigenvalue weighted by Crippen LogP contribution is 2.42. The monoisotopic (exact) mass is 295 g/mol. The number of fused-ring (bicyclic) bond motifs is 3. The van der Waals surface area contributed by atoms with Crippen LogP contribution in [0.4, 0.5) is 5.82 Å². The zero-order chi connectivity index (χ0) is 15.3. The second kappa shape index (κ2) is 4.73. The molecular weight excluding hydrogens is 278 g/mol. The van der Waals surface area contributed by atoms with Crippen LogP contribution in [0.15, 0.2) is 30.3 Å². The largest absolute Gasteiger partial charge is 0.462 e. The summed E-state index contributed by atoms with van der Waals surface area (Å²) < 4.78 is 7.00. The van der Waals surface area contributed by atoms with E-state index in [9.17, 15) is 4.79 Å². The first-order chi connectivity index (χ1) is 10.7. The molecule has 0 amide bonds. The van der Waals surface area contributed by atoms with E-state index in [2.05, 4.69) is 17.2 Å². The summed E-state index contributed by atoms with van der Waals surface area (Å²) in [4.78, 5) is 12.3. The van der Waals surface area contributed by atoms with Crippen LogP contribution >= 0.6 is 0 Å². The van der Waals surface area contributed by atoms with Crippen molar-refractivity contribution in [2.45, 2.75) is 25.7 Å². The van der Waals surface area contributed by atoms with Gasteiger partial charge in [0.1, 0.15) is 5.56 Å². The topological polar surface area (TPSA) is 69.6 Å². The van der Waals surface area contributed by atoms with Gasteiger partial charge in [-0.2, -0.15) is 0 Å². The first-order valence-corrected chi connectivity index (χ1v) is 7.57. The third-order valence-electron chi connectivity index (χ3n) is 4.15. The number of nitrogens with two attached hydrogens (primary N) is 1. The van der Waals surface area contributed by atoms with Gasteiger partial charge in [-0.15, -0.1) is 5.10 Å². The second-order valence-electron chi connectivity index (χ2n) is 5.67. The quantitative estimate of drug-likeness (QED) is 0.754. The summed E-state index contributed by atoms with van der Waals surface area (Å²) in [5, 5.41) is 6.49. The summed E-state index contributed by atoms with van der Waals surface area (Å²) >= 11 is 0. The van der Waals surface area contributed by atoms with Crippen molar-refractivity contribution in [3.8, 4) is 0 Å². The van der Waals surface area contributed by atoms with Gasteiger partial charge in [0, 0.05) is 17.0 Å². The van der Waals surface area contributed by atoms with Crippen LogP contribution in [0.1, 0.15) is 41.7 Å². The van der Waals surface area contributed by atoms with Crippen LogP contribution in [0.5, 0.6) is 0 Å². The Bertz CT molecular complexity index is 894. The van der Waals surface area contributed by atoms with Crippen LogP contribution < -0.4 is 5.73 Å². The van der Waals surface area contributed by atoms with Crippen molar-refractivity contribution in [3.05, 3.63) is 41.6 Å². The van der Waals surface area contributed by atoms with E-state index in [0.29, 0.717) is 18.1 Å². The summed E-state index contributed by atoms with van der Waals surface area (Å²) in [7, 11) is 0. The summed E-state index contributed by atoms with van der Waals surface area (Å²) in [5.41, 5.74) is 8.29. The molecule has 0 aliphatic heterocycles. The number of nitrogen functional groups attached to an aromatic ring is 1. The molecule has 2 heterocycles. The van der Waals surface area contributed by atoms with E-state index in [0.717, 1.165) is 34.8 Å². The van der Waals surface area contributed by atoms with E-state index in [4.69, 9.17) is 10.5 Å². The van der Waals surface area contributed by atoms with Gasteiger partial charge in [0.25, 0.3) is 0 Å².